The summed E-state index contributed by atoms with van der Waals surface area (Å²) < 4.78 is 27.0. The Hall–Kier alpha value is -1.84. The number of hydrogen-bond donors (Lipinski definition) is 0. The molecule has 6 heteroatoms. The average molecular weight is 365 g/mol. The average Bonchev–Trinajstić information content (AvgIpc) is 2.46. The van der Waals surface area contributed by atoms with E-state index in [0.717, 1.165) is 5.56 Å². The van der Waals surface area contributed by atoms with Crippen LogP contribution in [0.4, 0.5) is 5.69 Å². The van der Waals surface area contributed by atoms with Crippen molar-refractivity contribution >= 4 is 31.6 Å². The zero-order chi connectivity index (χ0) is 15.6. The van der Waals surface area contributed by atoms with Gasteiger partial charge in [0.25, 0.3) is 10.0 Å². The lowest BCUT2D eigenvalue weighted by Crippen LogP contribution is -2.26. The van der Waals surface area contributed by atoms with Gasteiger partial charge in [0.05, 0.1) is 17.3 Å². The Balaban J connectivity index is 2.45. The topological polar surface area (TPSA) is 61.2 Å². The second-order valence-electron chi connectivity index (χ2n) is 4.57. The lowest BCUT2D eigenvalue weighted by Gasteiger charge is -2.20. The van der Waals surface area contributed by atoms with Crippen molar-refractivity contribution in [3.05, 3.63) is 58.1 Å². The van der Waals surface area contributed by atoms with Crippen LogP contribution >= 0.6 is 15.9 Å². The number of halogens is 1. The highest BCUT2D eigenvalue weighted by Gasteiger charge is 2.23. The number of rotatable bonds is 3. The maximum atomic E-state index is 12.7. The number of sulfonamides is 1. The monoisotopic (exact) mass is 364 g/mol. The molecule has 21 heavy (non-hydrogen) atoms. The summed E-state index contributed by atoms with van der Waals surface area (Å²) in [7, 11) is -2.17. The van der Waals surface area contributed by atoms with Gasteiger partial charge < -0.3 is 0 Å². The maximum absolute atomic E-state index is 12.7. The number of benzene rings is 2. The molecule has 0 bridgehead atoms. The maximum Gasteiger partial charge on any atom is 0.265 e. The fourth-order valence-electron chi connectivity index (χ4n) is 1.85. The van der Waals surface area contributed by atoms with E-state index in [1.165, 1.54) is 11.4 Å². The summed E-state index contributed by atoms with van der Waals surface area (Å²) in [6, 6.07) is 13.5. The first-order valence-electron chi connectivity index (χ1n) is 6.11. The summed E-state index contributed by atoms with van der Waals surface area (Å²) in [6.07, 6.45) is 0. The Kier molecular flexibility index (Phi) is 4.35. The number of aryl methyl sites for hydroxylation is 1. The van der Waals surface area contributed by atoms with Gasteiger partial charge in [-0.3, -0.25) is 4.31 Å². The van der Waals surface area contributed by atoms with E-state index in [9.17, 15) is 8.42 Å². The fourth-order valence-corrected chi connectivity index (χ4v) is 4.19. The molecule has 0 unspecified atom stereocenters. The lowest BCUT2D eigenvalue weighted by molar-refractivity contribution is 0.594. The summed E-state index contributed by atoms with van der Waals surface area (Å²) in [5, 5.41) is 8.78. The molecule has 0 saturated carbocycles. The molecule has 0 atom stereocenters. The van der Waals surface area contributed by atoms with Crippen LogP contribution in [0.2, 0.25) is 0 Å². The van der Waals surface area contributed by atoms with Crippen LogP contribution in [0.1, 0.15) is 11.1 Å². The smallest absolute Gasteiger partial charge is 0.265 e. The Morgan fingerprint density at radius 1 is 1.14 bits per heavy atom. The molecule has 0 fully saturated rings. The van der Waals surface area contributed by atoms with E-state index in [1.807, 2.05) is 13.0 Å². The van der Waals surface area contributed by atoms with Crippen molar-refractivity contribution in [2.45, 2.75) is 11.8 Å². The van der Waals surface area contributed by atoms with Gasteiger partial charge in [0.1, 0.15) is 4.90 Å². The normalized spacial score (nSPS) is 11.0. The van der Waals surface area contributed by atoms with E-state index in [1.54, 1.807) is 42.5 Å². The molecule has 4 nitrogen and oxygen atoms in total. The van der Waals surface area contributed by atoms with Crippen molar-refractivity contribution in [2.75, 3.05) is 11.4 Å². The first-order valence-corrected chi connectivity index (χ1v) is 8.35. The Morgan fingerprint density at radius 3 is 2.29 bits per heavy atom. The zero-order valence-corrected chi connectivity index (χ0v) is 13.9. The molecule has 0 aliphatic heterocycles. The number of anilines is 1. The molecule has 0 saturated heterocycles. The van der Waals surface area contributed by atoms with E-state index in [0.29, 0.717) is 15.7 Å². The molecule has 0 aromatic heterocycles. The van der Waals surface area contributed by atoms with Crippen molar-refractivity contribution in [3.8, 4) is 6.07 Å². The third-order valence-corrected chi connectivity index (χ3v) is 5.85. The molecule has 2 rings (SSSR count). The van der Waals surface area contributed by atoms with Crippen LogP contribution in [0.5, 0.6) is 0 Å². The van der Waals surface area contributed by atoms with Gasteiger partial charge in [0.2, 0.25) is 0 Å². The molecule has 0 heterocycles. The molecular weight excluding hydrogens is 352 g/mol. The van der Waals surface area contributed by atoms with Crippen LogP contribution in [-0.4, -0.2) is 15.5 Å². The van der Waals surface area contributed by atoms with E-state index in [-0.39, 0.29) is 4.90 Å². The molecule has 0 spiro atoms. The lowest BCUT2D eigenvalue weighted by atomic mass is 10.2. The molecule has 0 radical (unpaired) electrons. The zero-order valence-electron chi connectivity index (χ0n) is 11.5. The minimum Gasteiger partial charge on any atom is -0.269 e. The first kappa shape index (κ1) is 15.5. The van der Waals surface area contributed by atoms with Gasteiger partial charge >= 0.3 is 0 Å². The van der Waals surface area contributed by atoms with Crippen LogP contribution < -0.4 is 4.31 Å². The predicted molar refractivity (Wildman–Crippen MR) is 85.6 cm³/mol. The van der Waals surface area contributed by atoms with Crippen LogP contribution in [-0.2, 0) is 10.0 Å². The first-order chi connectivity index (χ1) is 9.86. The second-order valence-corrected chi connectivity index (χ2v) is 7.36. The quantitative estimate of drug-likeness (QED) is 0.837. The van der Waals surface area contributed by atoms with E-state index in [2.05, 4.69) is 15.9 Å². The van der Waals surface area contributed by atoms with Gasteiger partial charge in [-0.25, -0.2) is 8.42 Å². The largest absolute Gasteiger partial charge is 0.269 e. The van der Waals surface area contributed by atoms with Crippen LogP contribution in [0, 0.1) is 18.3 Å². The van der Waals surface area contributed by atoms with Crippen LogP contribution in [0.25, 0.3) is 0 Å². The second kappa shape index (κ2) is 5.88. The Morgan fingerprint density at radius 2 is 1.76 bits per heavy atom. The number of nitrogens with zero attached hydrogens (tertiary/aromatic N) is 2. The van der Waals surface area contributed by atoms with E-state index < -0.39 is 10.0 Å². The van der Waals surface area contributed by atoms with Gasteiger partial charge in [-0.05, 0) is 64.8 Å². The predicted octanol–water partition coefficient (Wildman–Crippen LogP) is 3.45. The van der Waals surface area contributed by atoms with Crippen molar-refractivity contribution < 1.29 is 8.42 Å². The highest BCUT2D eigenvalue weighted by atomic mass is 79.9. The highest BCUT2D eigenvalue weighted by molar-refractivity contribution is 9.10. The summed E-state index contributed by atoms with van der Waals surface area (Å²) in [5.74, 6) is 0. The summed E-state index contributed by atoms with van der Waals surface area (Å²) in [5.41, 5.74) is 1.96. The van der Waals surface area contributed by atoms with Crippen LogP contribution in [0.3, 0.4) is 0 Å². The molecular formula is C15H13BrN2O2S. The third kappa shape index (κ3) is 3.09. The van der Waals surface area contributed by atoms with Gasteiger partial charge in [0, 0.05) is 11.5 Å². The van der Waals surface area contributed by atoms with Crippen molar-refractivity contribution in [2.24, 2.45) is 0 Å². The minimum atomic E-state index is -3.66. The van der Waals surface area contributed by atoms with Crippen molar-refractivity contribution in [3.63, 3.8) is 0 Å². The van der Waals surface area contributed by atoms with Gasteiger partial charge in [-0.1, -0.05) is 6.07 Å². The Bertz CT molecular complexity index is 809. The summed E-state index contributed by atoms with van der Waals surface area (Å²) in [6.45, 7) is 1.89. The number of nitriles is 1. The van der Waals surface area contributed by atoms with E-state index >= 15 is 0 Å². The molecule has 2 aromatic carbocycles. The number of hydrogen-bond acceptors (Lipinski definition) is 3. The third-order valence-electron chi connectivity index (χ3n) is 3.09. The van der Waals surface area contributed by atoms with Crippen LogP contribution in [0.15, 0.2) is 51.8 Å². The molecule has 0 aliphatic rings. The molecule has 0 N–H and O–H groups in total. The van der Waals surface area contributed by atoms with Gasteiger partial charge in [-0.2, -0.15) is 5.26 Å². The summed E-state index contributed by atoms with van der Waals surface area (Å²) >= 11 is 3.30. The standard InChI is InChI=1S/C15H13BrN2O2S/c1-11-3-8-15(14(16)9-11)21(19,20)18(2)13-6-4-12(10-17)5-7-13/h3-9H,1-2H3. The SMILES string of the molecule is Cc1ccc(S(=O)(=O)N(C)c2ccc(C#N)cc2)c(Br)c1. The molecule has 2 aromatic rings. The van der Waals surface area contributed by atoms with Gasteiger partial charge in [-0.15, -0.1) is 0 Å². The Labute approximate surface area is 132 Å². The molecule has 108 valence electrons. The van der Waals surface area contributed by atoms with Crippen molar-refractivity contribution in [1.82, 2.24) is 0 Å². The van der Waals surface area contributed by atoms with Crippen molar-refractivity contribution in [1.29, 1.82) is 5.26 Å². The van der Waals surface area contributed by atoms with E-state index in [4.69, 9.17) is 5.26 Å². The van der Waals surface area contributed by atoms with Gasteiger partial charge in [0.15, 0.2) is 0 Å². The molecule has 0 aliphatic carbocycles. The fraction of sp³-hybridized carbons (Fsp3) is 0.133. The summed E-state index contributed by atoms with van der Waals surface area (Å²) in [4.78, 5) is 0.208. The molecule has 0 amide bonds. The minimum absolute atomic E-state index is 0.208. The highest BCUT2D eigenvalue weighted by Crippen LogP contribution is 2.28.